The third kappa shape index (κ3) is 2.11. The Hall–Kier alpha value is -2.65. The Morgan fingerprint density at radius 2 is 2.18 bits per heavy atom. The summed E-state index contributed by atoms with van der Waals surface area (Å²) in [6.07, 6.45) is 5.91. The first-order valence-electron chi connectivity index (χ1n) is 9.82. The van der Waals surface area contributed by atoms with Gasteiger partial charge >= 0.3 is 0 Å². The second-order valence-electron chi connectivity index (χ2n) is 8.82. The summed E-state index contributed by atoms with van der Waals surface area (Å²) in [5.74, 6) is 0.378. The van der Waals surface area contributed by atoms with Gasteiger partial charge in [0, 0.05) is 23.4 Å². The van der Waals surface area contributed by atoms with Crippen LogP contribution in [-0.2, 0) is 11.3 Å². The van der Waals surface area contributed by atoms with Gasteiger partial charge in [-0.15, -0.1) is 11.3 Å². The molecule has 1 atom stereocenters. The molecule has 1 amide bonds. The number of amides is 1. The molecule has 4 fully saturated rings. The highest BCUT2D eigenvalue weighted by Gasteiger charge is 2.72. The number of carbonyl (C=O) groups excluding carboxylic acids is 1. The lowest BCUT2D eigenvalue weighted by molar-refractivity contribution is -0.227. The molecule has 5 nitrogen and oxygen atoms in total. The molecule has 0 radical (unpaired) electrons. The summed E-state index contributed by atoms with van der Waals surface area (Å²) >= 11 is 1.76. The van der Waals surface area contributed by atoms with E-state index in [9.17, 15) is 4.79 Å². The third-order valence-electron chi connectivity index (χ3n) is 7.00. The largest absolute Gasteiger partial charge is 0.334 e. The van der Waals surface area contributed by atoms with E-state index in [1.807, 2.05) is 24.4 Å². The predicted molar refractivity (Wildman–Crippen MR) is 107 cm³/mol. The molecule has 6 heteroatoms. The van der Waals surface area contributed by atoms with Gasteiger partial charge < -0.3 is 4.90 Å². The van der Waals surface area contributed by atoms with Crippen LogP contribution in [0.2, 0.25) is 0 Å². The minimum Gasteiger partial charge on any atom is -0.334 e. The number of hydrogen-bond acceptors (Lipinski definition) is 4. The van der Waals surface area contributed by atoms with Crippen LogP contribution in [0.5, 0.6) is 0 Å². The summed E-state index contributed by atoms with van der Waals surface area (Å²) in [4.78, 5) is 16.6. The summed E-state index contributed by atoms with van der Waals surface area (Å²) < 4.78 is 2.06. The van der Waals surface area contributed by atoms with Gasteiger partial charge in [-0.3, -0.25) is 9.48 Å². The Morgan fingerprint density at radius 1 is 1.32 bits per heavy atom. The standard InChI is InChI=1S/C22H20N4OS/c23-9-15-3-4-17-16(8-15)10-24-26(17)14-21-11-22(12-21,13-21)20(27)25-6-5-18(25)19-2-1-7-28-19/h1-4,7-8,10,18H,5-6,11-14H2. The van der Waals surface area contributed by atoms with Crippen LogP contribution in [0.25, 0.3) is 10.9 Å². The summed E-state index contributed by atoms with van der Waals surface area (Å²) in [7, 11) is 0. The van der Waals surface area contributed by atoms with E-state index in [0.29, 0.717) is 17.5 Å². The van der Waals surface area contributed by atoms with Gasteiger partial charge in [-0.25, -0.2) is 0 Å². The third-order valence-corrected chi connectivity index (χ3v) is 7.98. The number of likely N-dealkylation sites (tertiary alicyclic amines) is 1. The molecule has 4 aliphatic rings. The van der Waals surface area contributed by atoms with E-state index >= 15 is 0 Å². The monoisotopic (exact) mass is 388 g/mol. The molecule has 3 aliphatic carbocycles. The average molecular weight is 388 g/mol. The second-order valence-corrected chi connectivity index (χ2v) is 9.80. The molecule has 3 saturated carbocycles. The lowest BCUT2D eigenvalue weighted by Gasteiger charge is -2.70. The van der Waals surface area contributed by atoms with Crippen molar-refractivity contribution in [2.45, 2.75) is 38.3 Å². The van der Waals surface area contributed by atoms with Gasteiger partial charge in [-0.1, -0.05) is 6.07 Å². The van der Waals surface area contributed by atoms with E-state index in [1.165, 1.54) is 4.88 Å². The lowest BCUT2D eigenvalue weighted by atomic mass is 9.34. The molecular weight excluding hydrogens is 368 g/mol. The maximum atomic E-state index is 13.2. The van der Waals surface area contributed by atoms with Crippen molar-refractivity contribution in [3.63, 3.8) is 0 Å². The molecule has 0 N–H and O–H groups in total. The molecule has 1 saturated heterocycles. The maximum Gasteiger partial charge on any atom is 0.229 e. The van der Waals surface area contributed by atoms with Crippen LogP contribution in [0.3, 0.4) is 0 Å². The zero-order valence-electron chi connectivity index (χ0n) is 15.5. The van der Waals surface area contributed by atoms with Crippen molar-refractivity contribution in [2.24, 2.45) is 10.8 Å². The summed E-state index contributed by atoms with van der Waals surface area (Å²) in [5, 5.41) is 16.7. The van der Waals surface area contributed by atoms with Crippen molar-refractivity contribution < 1.29 is 4.79 Å². The first kappa shape index (κ1) is 16.3. The van der Waals surface area contributed by atoms with Crippen molar-refractivity contribution in [3.05, 3.63) is 52.3 Å². The van der Waals surface area contributed by atoms with Crippen molar-refractivity contribution in [2.75, 3.05) is 6.54 Å². The Labute approximate surface area is 167 Å². The van der Waals surface area contributed by atoms with Crippen molar-refractivity contribution in [1.82, 2.24) is 14.7 Å². The van der Waals surface area contributed by atoms with Gasteiger partial charge in [0.1, 0.15) is 0 Å². The van der Waals surface area contributed by atoms with E-state index in [-0.39, 0.29) is 10.8 Å². The zero-order chi connectivity index (χ0) is 18.9. The van der Waals surface area contributed by atoms with Crippen LogP contribution in [0.1, 0.15) is 42.2 Å². The van der Waals surface area contributed by atoms with Crippen LogP contribution < -0.4 is 0 Å². The Balaban J connectivity index is 1.16. The molecule has 140 valence electrons. The normalized spacial score (nSPS) is 30.2. The Morgan fingerprint density at radius 3 is 2.86 bits per heavy atom. The number of thiophene rings is 1. The van der Waals surface area contributed by atoms with E-state index < -0.39 is 0 Å². The minimum atomic E-state index is -0.104. The van der Waals surface area contributed by atoms with Gasteiger partial charge in [0.2, 0.25) is 5.91 Å². The maximum absolute atomic E-state index is 13.2. The number of nitriles is 1. The highest BCUT2D eigenvalue weighted by atomic mass is 32.1. The van der Waals surface area contributed by atoms with Crippen LogP contribution in [-0.4, -0.2) is 27.1 Å². The lowest BCUT2D eigenvalue weighted by Crippen LogP contribution is -2.70. The SMILES string of the molecule is N#Cc1ccc2c(cnn2CC23CC(C(=O)N4CCC4c4cccs4)(C2)C3)c1. The fourth-order valence-electron chi connectivity index (χ4n) is 5.70. The second kappa shape index (κ2) is 5.45. The highest BCUT2D eigenvalue weighted by Crippen LogP contribution is 2.75. The Bertz CT molecular complexity index is 1120. The van der Waals surface area contributed by atoms with Crippen molar-refractivity contribution >= 4 is 28.1 Å². The number of rotatable bonds is 4. The van der Waals surface area contributed by atoms with E-state index in [4.69, 9.17) is 5.26 Å². The van der Waals surface area contributed by atoms with Gasteiger partial charge in [-0.05, 0) is 60.7 Å². The van der Waals surface area contributed by atoms with Crippen LogP contribution in [0, 0.1) is 22.2 Å². The first-order chi connectivity index (χ1) is 13.6. The fourth-order valence-corrected chi connectivity index (χ4v) is 6.58. The van der Waals surface area contributed by atoms with Gasteiger partial charge in [0.15, 0.2) is 0 Å². The zero-order valence-corrected chi connectivity index (χ0v) is 16.3. The van der Waals surface area contributed by atoms with Crippen LogP contribution in [0.15, 0.2) is 41.9 Å². The van der Waals surface area contributed by atoms with Crippen molar-refractivity contribution in [1.29, 1.82) is 5.26 Å². The fraction of sp³-hybridized carbons (Fsp3) is 0.409. The molecule has 7 rings (SSSR count). The molecule has 1 aromatic carbocycles. The molecular formula is C22H20N4OS. The highest BCUT2D eigenvalue weighted by molar-refractivity contribution is 7.10. The molecule has 3 heterocycles. The molecule has 28 heavy (non-hydrogen) atoms. The van der Waals surface area contributed by atoms with Gasteiger partial charge in [0.25, 0.3) is 0 Å². The van der Waals surface area contributed by atoms with Crippen LogP contribution in [0.4, 0.5) is 0 Å². The summed E-state index contributed by atoms with van der Waals surface area (Å²) in [6, 6.07) is 12.4. The smallest absolute Gasteiger partial charge is 0.229 e. The van der Waals surface area contributed by atoms with E-state index in [0.717, 1.165) is 49.7 Å². The molecule has 1 aliphatic heterocycles. The molecule has 2 aromatic heterocycles. The number of fused-ring (bicyclic) bond motifs is 1. The number of nitrogens with zero attached hydrogens (tertiary/aromatic N) is 4. The first-order valence-corrected chi connectivity index (χ1v) is 10.7. The topological polar surface area (TPSA) is 61.9 Å². The molecule has 1 unspecified atom stereocenters. The van der Waals surface area contributed by atoms with Crippen LogP contribution >= 0.6 is 11.3 Å². The number of hydrogen-bond donors (Lipinski definition) is 0. The number of benzene rings is 1. The van der Waals surface area contributed by atoms with E-state index in [1.54, 1.807) is 11.3 Å². The predicted octanol–water partition coefficient (Wildman–Crippen LogP) is 4.11. The molecule has 3 aromatic rings. The van der Waals surface area contributed by atoms with Gasteiger partial charge in [0.05, 0.1) is 34.8 Å². The molecule has 2 bridgehead atoms. The Kier molecular flexibility index (Phi) is 3.18. The minimum absolute atomic E-state index is 0.104. The summed E-state index contributed by atoms with van der Waals surface area (Å²) in [6.45, 7) is 1.77. The van der Waals surface area contributed by atoms with Crippen molar-refractivity contribution in [3.8, 4) is 6.07 Å². The number of aromatic nitrogens is 2. The molecule has 0 spiro atoms. The van der Waals surface area contributed by atoms with Gasteiger partial charge in [-0.2, -0.15) is 10.4 Å². The summed E-state index contributed by atoms with van der Waals surface area (Å²) in [5.41, 5.74) is 1.86. The number of carbonyl (C=O) groups is 1. The quantitative estimate of drug-likeness (QED) is 0.676. The van der Waals surface area contributed by atoms with E-state index in [2.05, 4.69) is 38.3 Å². The average Bonchev–Trinajstić information content (AvgIpc) is 3.25.